The molecule has 5 nitrogen and oxygen atoms in total. The van der Waals surface area contributed by atoms with Crippen molar-refractivity contribution >= 4 is 5.91 Å². The first kappa shape index (κ1) is 21.6. The fourth-order valence-corrected chi connectivity index (χ4v) is 3.18. The number of benzene rings is 2. The maximum Gasteiger partial charge on any atom is 0.234 e. The average Bonchev–Trinajstić information content (AvgIpc) is 3.20. The Kier molecular flexibility index (Phi) is 7.68. The van der Waals surface area contributed by atoms with Crippen molar-refractivity contribution in [2.75, 3.05) is 26.7 Å². The van der Waals surface area contributed by atoms with Crippen molar-refractivity contribution in [3.05, 3.63) is 77.6 Å². The summed E-state index contributed by atoms with van der Waals surface area (Å²) >= 11 is 0. The van der Waals surface area contributed by atoms with Crippen LogP contribution in [0, 0.1) is 11.6 Å². The maximum atomic E-state index is 13.6. The molecule has 0 radical (unpaired) electrons. The summed E-state index contributed by atoms with van der Waals surface area (Å²) in [4.78, 5) is 13.9. The molecule has 0 aliphatic heterocycles. The zero-order valence-electron chi connectivity index (χ0n) is 16.9. The molecule has 2 aromatic carbocycles. The summed E-state index contributed by atoms with van der Waals surface area (Å²) in [5.74, 6) is -0.563. The molecule has 7 heteroatoms. The van der Waals surface area contributed by atoms with Gasteiger partial charge in [-0.1, -0.05) is 41.6 Å². The van der Waals surface area contributed by atoms with E-state index in [0.29, 0.717) is 6.54 Å². The van der Waals surface area contributed by atoms with E-state index in [1.807, 2.05) is 48.3 Å². The summed E-state index contributed by atoms with van der Waals surface area (Å²) in [6.07, 6.45) is 1.65. The van der Waals surface area contributed by atoms with Crippen molar-refractivity contribution in [3.63, 3.8) is 0 Å². The molecular weight excluding hydrogens is 388 g/mol. The molecule has 3 aromatic rings. The van der Waals surface area contributed by atoms with Crippen LogP contribution in [0.3, 0.4) is 0 Å². The predicted molar refractivity (Wildman–Crippen MR) is 111 cm³/mol. The Balaban J connectivity index is 1.35. The maximum absolute atomic E-state index is 13.6. The number of amides is 1. The summed E-state index contributed by atoms with van der Waals surface area (Å²) in [6, 6.07) is 15.5. The lowest BCUT2D eigenvalue weighted by Crippen LogP contribution is -2.36. The highest BCUT2D eigenvalue weighted by atomic mass is 19.1. The Hall–Kier alpha value is -3.06. The average molecular weight is 413 g/mol. The van der Waals surface area contributed by atoms with Crippen LogP contribution in [-0.4, -0.2) is 42.6 Å². The van der Waals surface area contributed by atoms with Crippen molar-refractivity contribution in [2.45, 2.75) is 19.3 Å². The summed E-state index contributed by atoms with van der Waals surface area (Å²) < 4.78 is 32.6. The van der Waals surface area contributed by atoms with E-state index in [0.717, 1.165) is 29.9 Å². The van der Waals surface area contributed by atoms with Gasteiger partial charge in [-0.05, 0) is 38.6 Å². The third kappa shape index (κ3) is 6.22. The van der Waals surface area contributed by atoms with E-state index in [1.165, 1.54) is 18.2 Å². The number of hydrogen-bond donors (Lipinski definition) is 1. The summed E-state index contributed by atoms with van der Waals surface area (Å²) in [7, 11) is 1.85. The molecule has 1 heterocycles. The number of nitrogens with one attached hydrogen (secondary N) is 1. The number of carbonyl (C=O) groups excluding carboxylic acids is 1. The number of rotatable bonds is 10. The van der Waals surface area contributed by atoms with Crippen molar-refractivity contribution in [3.8, 4) is 11.3 Å². The lowest BCUT2D eigenvalue weighted by molar-refractivity contribution is -0.121. The van der Waals surface area contributed by atoms with Gasteiger partial charge in [0.05, 0.1) is 6.54 Å². The van der Waals surface area contributed by atoms with Gasteiger partial charge in [0.25, 0.3) is 0 Å². The van der Waals surface area contributed by atoms with Gasteiger partial charge in [-0.2, -0.15) is 0 Å². The smallest absolute Gasteiger partial charge is 0.234 e. The molecule has 3 rings (SSSR count). The van der Waals surface area contributed by atoms with E-state index in [1.54, 1.807) is 0 Å². The van der Waals surface area contributed by atoms with Gasteiger partial charge in [-0.3, -0.25) is 9.69 Å². The Bertz CT molecular complexity index is 940. The molecule has 158 valence electrons. The van der Waals surface area contributed by atoms with E-state index in [9.17, 15) is 13.6 Å². The number of carbonyl (C=O) groups is 1. The van der Waals surface area contributed by atoms with Gasteiger partial charge in [0.15, 0.2) is 0 Å². The first-order valence-electron chi connectivity index (χ1n) is 9.92. The van der Waals surface area contributed by atoms with E-state index in [4.69, 9.17) is 4.52 Å². The van der Waals surface area contributed by atoms with Crippen LogP contribution >= 0.6 is 0 Å². The first-order chi connectivity index (χ1) is 14.5. The van der Waals surface area contributed by atoms with Gasteiger partial charge < -0.3 is 9.84 Å². The second kappa shape index (κ2) is 10.6. The SMILES string of the molecule is CN(CCCc1cc(-c2ccccc2)no1)CC(=O)NCCc1c(F)cccc1F. The van der Waals surface area contributed by atoms with Crippen LogP contribution in [0.5, 0.6) is 0 Å². The van der Waals surface area contributed by atoms with Crippen molar-refractivity contribution in [1.29, 1.82) is 0 Å². The minimum atomic E-state index is -0.593. The summed E-state index contributed by atoms with van der Waals surface area (Å²) in [5.41, 5.74) is 1.81. The lowest BCUT2D eigenvalue weighted by atomic mass is 10.1. The Morgan fingerprint density at radius 3 is 2.53 bits per heavy atom. The third-order valence-electron chi connectivity index (χ3n) is 4.76. The number of aryl methyl sites for hydroxylation is 1. The molecule has 1 aromatic heterocycles. The fraction of sp³-hybridized carbons (Fsp3) is 0.304. The number of halogens is 2. The highest BCUT2D eigenvalue weighted by Crippen LogP contribution is 2.19. The van der Waals surface area contributed by atoms with Crippen LogP contribution in [0.4, 0.5) is 8.78 Å². The van der Waals surface area contributed by atoms with E-state index < -0.39 is 11.6 Å². The molecule has 0 spiro atoms. The third-order valence-corrected chi connectivity index (χ3v) is 4.76. The van der Waals surface area contributed by atoms with Crippen LogP contribution in [-0.2, 0) is 17.6 Å². The van der Waals surface area contributed by atoms with Gasteiger partial charge in [-0.15, -0.1) is 0 Å². The van der Waals surface area contributed by atoms with Crippen molar-refractivity contribution in [1.82, 2.24) is 15.4 Å². The number of likely N-dealkylation sites (N-methyl/N-ethyl adjacent to an activating group) is 1. The fourth-order valence-electron chi connectivity index (χ4n) is 3.18. The second-order valence-electron chi connectivity index (χ2n) is 7.19. The molecule has 0 aliphatic carbocycles. The zero-order chi connectivity index (χ0) is 21.3. The van der Waals surface area contributed by atoms with Crippen LogP contribution in [0.2, 0.25) is 0 Å². The number of hydrogen-bond acceptors (Lipinski definition) is 4. The minimum absolute atomic E-state index is 0.00640. The topological polar surface area (TPSA) is 58.4 Å². The monoisotopic (exact) mass is 413 g/mol. The molecule has 0 bridgehead atoms. The van der Waals surface area contributed by atoms with Crippen LogP contribution in [0.25, 0.3) is 11.3 Å². The van der Waals surface area contributed by atoms with Gasteiger partial charge in [0.2, 0.25) is 5.91 Å². The van der Waals surface area contributed by atoms with Gasteiger partial charge in [0, 0.05) is 30.2 Å². The van der Waals surface area contributed by atoms with Crippen LogP contribution in [0.1, 0.15) is 17.7 Å². The van der Waals surface area contributed by atoms with Crippen LogP contribution < -0.4 is 5.32 Å². The molecule has 0 aliphatic rings. The standard InChI is InChI=1S/C23H25F2N3O2/c1-28(16-23(29)26-13-12-19-20(24)10-5-11-21(19)25)14-6-9-18-15-22(27-30-18)17-7-3-2-4-8-17/h2-5,7-8,10-11,15H,6,9,12-14,16H2,1H3,(H,26,29). The Morgan fingerprint density at radius 1 is 1.07 bits per heavy atom. The highest BCUT2D eigenvalue weighted by Gasteiger charge is 2.11. The number of nitrogens with zero attached hydrogens (tertiary/aromatic N) is 2. The molecule has 0 unspecified atom stereocenters. The normalized spacial score (nSPS) is 11.1. The number of aromatic nitrogens is 1. The van der Waals surface area contributed by atoms with Crippen molar-refractivity contribution < 1.29 is 18.1 Å². The van der Waals surface area contributed by atoms with E-state index in [-0.39, 0.29) is 31.0 Å². The second-order valence-corrected chi connectivity index (χ2v) is 7.19. The van der Waals surface area contributed by atoms with Crippen molar-refractivity contribution in [2.24, 2.45) is 0 Å². The first-order valence-corrected chi connectivity index (χ1v) is 9.92. The van der Waals surface area contributed by atoms with E-state index >= 15 is 0 Å². The largest absolute Gasteiger partial charge is 0.361 e. The molecule has 0 fully saturated rings. The zero-order valence-corrected chi connectivity index (χ0v) is 16.9. The van der Waals surface area contributed by atoms with Gasteiger partial charge in [0.1, 0.15) is 23.1 Å². The van der Waals surface area contributed by atoms with Gasteiger partial charge >= 0.3 is 0 Å². The van der Waals surface area contributed by atoms with Gasteiger partial charge in [-0.25, -0.2) is 8.78 Å². The Labute approximate surface area is 174 Å². The summed E-state index contributed by atoms with van der Waals surface area (Å²) in [6.45, 7) is 1.10. The highest BCUT2D eigenvalue weighted by molar-refractivity contribution is 5.77. The summed E-state index contributed by atoms with van der Waals surface area (Å²) in [5, 5.41) is 6.80. The van der Waals surface area contributed by atoms with E-state index in [2.05, 4.69) is 10.5 Å². The molecule has 0 saturated heterocycles. The molecule has 0 saturated carbocycles. The molecule has 1 N–H and O–H groups in total. The van der Waals surface area contributed by atoms with Crippen LogP contribution in [0.15, 0.2) is 59.1 Å². The Morgan fingerprint density at radius 2 is 1.80 bits per heavy atom. The molecule has 30 heavy (non-hydrogen) atoms. The quantitative estimate of drug-likeness (QED) is 0.549. The predicted octanol–water partition coefficient (Wildman–Crippen LogP) is 3.84. The molecule has 0 atom stereocenters. The molecule has 1 amide bonds. The molecular formula is C23H25F2N3O2. The minimum Gasteiger partial charge on any atom is -0.361 e. The lowest BCUT2D eigenvalue weighted by Gasteiger charge is -2.15.